The summed E-state index contributed by atoms with van der Waals surface area (Å²) in [5.41, 5.74) is 21.5. The van der Waals surface area contributed by atoms with Crippen LogP contribution in [0.5, 0.6) is 0 Å². The largest absolute Gasteiger partial charge is 0.469 e. The maximum Gasteiger partial charge on any atom is 0.450 e. The van der Waals surface area contributed by atoms with Crippen molar-refractivity contribution in [1.29, 1.82) is 0 Å². The van der Waals surface area contributed by atoms with Gasteiger partial charge in [0.15, 0.2) is 0 Å². The molecule has 5 unspecified atom stereocenters. The van der Waals surface area contributed by atoms with Crippen LogP contribution in [0.4, 0.5) is 65.9 Å². The predicted molar refractivity (Wildman–Crippen MR) is 519 cm³/mol. The van der Waals surface area contributed by atoms with Crippen LogP contribution in [0.25, 0.3) is 111 Å². The van der Waals surface area contributed by atoms with E-state index in [2.05, 4.69) is 24.9 Å². The summed E-state index contributed by atoms with van der Waals surface area (Å²) in [6.07, 6.45) is -21.4. The van der Waals surface area contributed by atoms with Crippen LogP contribution < -0.4 is 0 Å². The number of Topliss-reactive ketones (excluding diaryl/α,β-unsaturated/α-hetero) is 1. The molecule has 5 atom stereocenters. The summed E-state index contributed by atoms with van der Waals surface area (Å²) in [7, 11) is 0. The number of furan rings is 1. The first kappa shape index (κ1) is 96.1. The third-order valence-corrected chi connectivity index (χ3v) is 25.8. The lowest BCUT2D eigenvalue weighted by atomic mass is 9.84. The Labute approximate surface area is 785 Å². The van der Waals surface area contributed by atoms with E-state index in [1.54, 1.807) is 78.9 Å². The van der Waals surface area contributed by atoms with E-state index in [9.17, 15) is 70.7 Å². The lowest BCUT2D eigenvalue weighted by Crippen LogP contribution is -2.30. The van der Waals surface area contributed by atoms with Crippen LogP contribution in [0.1, 0.15) is 152 Å². The van der Waals surface area contributed by atoms with E-state index in [1.165, 1.54) is 17.6 Å². The monoisotopic (exact) mass is 1880 g/mol. The fourth-order valence-corrected chi connectivity index (χ4v) is 19.5. The van der Waals surface area contributed by atoms with E-state index in [1.807, 2.05) is 289 Å². The van der Waals surface area contributed by atoms with Crippen LogP contribution in [0.2, 0.25) is 0 Å². The van der Waals surface area contributed by atoms with Crippen molar-refractivity contribution in [1.82, 2.24) is 24.9 Å². The van der Waals surface area contributed by atoms with Gasteiger partial charge in [-0.25, -0.2) is 0 Å². The van der Waals surface area contributed by atoms with Crippen LogP contribution in [0.15, 0.2) is 344 Å². The number of fused-ring (bicyclic) bond motifs is 5. The van der Waals surface area contributed by atoms with E-state index in [4.69, 9.17) is 4.42 Å². The number of aryl methyl sites for hydroxylation is 5. The number of nitrogens with one attached hydrogen (secondary N) is 5. The Hall–Kier alpha value is -14.1. The second-order valence-electron chi connectivity index (χ2n) is 35.1. The van der Waals surface area contributed by atoms with E-state index >= 15 is 0 Å². The molecule has 1 aliphatic rings. The maximum atomic E-state index is 13.6. The highest BCUT2D eigenvalue weighted by atomic mass is 32.1. The number of aromatic amines is 5. The standard InChI is InChI=1S/C24H18F3NO.C24H20F3N.C22H18F3NO.C22H18F3NS.C22H22F3N/c1-15-12-13-18-19(14-15)28-22(17-10-6-3-7-11-17)21(18)20(23(29)24(25,26)27)16-8-4-2-5-9-16;1-16-12-13-19-21(14-16)28-23(18-10-6-3-7-11-18)22(19)20(15-24(25,26)27)17-8-4-2-5-9-17;2*1-14-9-10-16-18(12-14)26-21(15-6-3-2-4-7-15)20(16)17(13-22(23,24)25)19-8-5-11-27-19;1-14-7-10-18-19(11-14)26-21(16-5-3-2-4-6-16)20(18)17(12-15-8-9-15)13-22(23,24)25/h2-14,20,28H,1H3;2-14,20,28H,15H2,1H3;2*2-12,17,26H,13H2,1H3;2-7,10-11,15,17,26H,8-9,12-13H2,1H3. The van der Waals surface area contributed by atoms with Gasteiger partial charge in [0, 0.05) is 82.5 Å². The maximum absolute atomic E-state index is 13.6. The zero-order valence-electron chi connectivity index (χ0n) is 75.1. The SMILES string of the molecule is Cc1ccc2c(C(C(=O)C(F)(F)F)c3ccccc3)c(-c3ccccc3)[nH]c2c1.Cc1ccc2c(C(CC(F)(F)F)c3ccccc3)c(-c3ccccc3)[nH]c2c1.Cc1ccc2c(C(CC(F)(F)F)c3ccco3)c(-c3ccccc3)[nH]c2c1.Cc1ccc2c(C(CC(F)(F)F)c3cccs3)c(-c3ccccc3)[nH]c2c1.Cc1ccc2c(C(CC3CC3)CC(F)(F)F)c(-c3ccccc3)[nH]c2c1. The van der Waals surface area contributed by atoms with Gasteiger partial charge in [-0.3, -0.25) is 4.79 Å². The van der Waals surface area contributed by atoms with Gasteiger partial charge in [0.2, 0.25) is 5.78 Å². The molecule has 700 valence electrons. The highest BCUT2D eigenvalue weighted by Gasteiger charge is 2.47. The molecule has 0 radical (unpaired) electrons. The Bertz CT molecular complexity index is 7080. The average molecular weight is 1890 g/mol. The first-order valence-corrected chi connectivity index (χ1v) is 45.8. The number of hydrogen-bond acceptors (Lipinski definition) is 3. The summed E-state index contributed by atoms with van der Waals surface area (Å²) in [5, 5.41) is 5.83. The Morgan fingerprint density at radius 3 is 0.942 bits per heavy atom. The van der Waals surface area contributed by atoms with Gasteiger partial charge in [0.05, 0.1) is 66.6 Å². The molecule has 1 fully saturated rings. The van der Waals surface area contributed by atoms with Crippen LogP contribution >= 0.6 is 11.3 Å². The second kappa shape index (κ2) is 40.9. The Morgan fingerprint density at radius 1 is 0.321 bits per heavy atom. The molecule has 20 rings (SSSR count). The molecule has 7 heterocycles. The Balaban J connectivity index is 0.000000124. The quantitative estimate of drug-likeness (QED) is 0.0462. The number of benzene rings is 12. The van der Waals surface area contributed by atoms with E-state index in [-0.39, 0.29) is 0 Å². The zero-order valence-corrected chi connectivity index (χ0v) is 76.0. The number of hydrogen-bond donors (Lipinski definition) is 5. The second-order valence-corrected chi connectivity index (χ2v) is 36.1. The number of carbonyl (C=O) groups excluding carboxylic acids is 1. The highest BCUT2D eigenvalue weighted by molar-refractivity contribution is 7.10. The zero-order chi connectivity index (χ0) is 96.7. The highest BCUT2D eigenvalue weighted by Crippen LogP contribution is 2.52. The molecule has 0 saturated heterocycles. The van der Waals surface area contributed by atoms with Gasteiger partial charge in [-0.1, -0.05) is 292 Å². The van der Waals surface area contributed by atoms with Crippen LogP contribution in [-0.2, 0) is 4.79 Å². The number of carbonyl (C=O) groups is 1. The van der Waals surface area contributed by atoms with Crippen molar-refractivity contribution < 1.29 is 75.1 Å². The summed E-state index contributed by atoms with van der Waals surface area (Å²) >= 11 is 1.37. The Morgan fingerprint density at radius 2 is 0.620 bits per heavy atom. The van der Waals surface area contributed by atoms with Gasteiger partial charge in [-0.15, -0.1) is 11.3 Å². The molecule has 1 saturated carbocycles. The number of thiophene rings is 1. The minimum atomic E-state index is -4.96. The van der Waals surface area contributed by atoms with Crippen LogP contribution in [0, 0.1) is 40.5 Å². The Kier molecular flexibility index (Phi) is 28.7. The van der Waals surface area contributed by atoms with Crippen molar-refractivity contribution >= 4 is 71.6 Å². The van der Waals surface area contributed by atoms with E-state index in [0.29, 0.717) is 68.2 Å². The summed E-state index contributed by atoms with van der Waals surface area (Å²) in [6, 6.07) is 100. The number of ketones is 1. The summed E-state index contributed by atoms with van der Waals surface area (Å²) in [5.74, 6) is -5.44. The summed E-state index contributed by atoms with van der Waals surface area (Å²) < 4.78 is 208. The molecule has 5 N–H and O–H groups in total. The average Bonchev–Trinajstić information content (AvgIpc) is 1.64. The first-order chi connectivity index (χ1) is 65.5. The molecular weight excluding hydrogens is 1790 g/mol. The van der Waals surface area contributed by atoms with Crippen molar-refractivity contribution in [3.8, 4) is 56.3 Å². The van der Waals surface area contributed by atoms with Gasteiger partial charge >= 0.3 is 30.9 Å². The first-order valence-electron chi connectivity index (χ1n) is 45.0. The lowest BCUT2D eigenvalue weighted by molar-refractivity contribution is -0.171. The van der Waals surface area contributed by atoms with Crippen LogP contribution in [-0.4, -0.2) is 61.6 Å². The topological polar surface area (TPSA) is 109 Å². The van der Waals surface area contributed by atoms with Crippen LogP contribution in [0.3, 0.4) is 0 Å². The van der Waals surface area contributed by atoms with E-state index in [0.717, 1.165) is 145 Å². The van der Waals surface area contributed by atoms with Gasteiger partial charge in [-0.05, 0) is 196 Å². The number of alkyl halides is 15. The fraction of sp³-hybridized carbons (Fsp3) is 0.202. The number of aromatic nitrogens is 5. The van der Waals surface area contributed by atoms with Crippen molar-refractivity contribution in [2.75, 3.05) is 0 Å². The van der Waals surface area contributed by atoms with Gasteiger partial charge < -0.3 is 29.3 Å². The number of H-pyrrole nitrogens is 5. The number of rotatable bonds is 21. The molecule has 23 heteroatoms. The summed E-state index contributed by atoms with van der Waals surface area (Å²) in [4.78, 5) is 30.1. The van der Waals surface area contributed by atoms with Crippen molar-refractivity contribution in [3.63, 3.8) is 0 Å². The minimum Gasteiger partial charge on any atom is -0.469 e. The van der Waals surface area contributed by atoms with Crippen molar-refractivity contribution in [2.45, 2.75) is 140 Å². The molecule has 0 aliphatic heterocycles. The predicted octanol–water partition coefficient (Wildman–Crippen LogP) is 34.7. The molecule has 7 nitrogen and oxygen atoms in total. The molecule has 7 aromatic heterocycles. The molecule has 1 aliphatic carbocycles. The van der Waals surface area contributed by atoms with E-state index < -0.39 is 91.9 Å². The van der Waals surface area contributed by atoms with Gasteiger partial charge in [0.25, 0.3) is 0 Å². The lowest BCUT2D eigenvalue weighted by Gasteiger charge is -2.21. The molecule has 12 aromatic carbocycles. The van der Waals surface area contributed by atoms with Gasteiger partial charge in [-0.2, -0.15) is 65.9 Å². The van der Waals surface area contributed by atoms with Gasteiger partial charge in [0.1, 0.15) is 5.76 Å². The molecule has 137 heavy (non-hydrogen) atoms. The summed E-state index contributed by atoms with van der Waals surface area (Å²) in [6.45, 7) is 9.83. The third kappa shape index (κ3) is 23.4. The smallest absolute Gasteiger partial charge is 0.450 e. The minimum absolute atomic E-state index is 0.311. The number of halogens is 15. The fourth-order valence-electron chi connectivity index (χ4n) is 18.7. The van der Waals surface area contributed by atoms with Crippen molar-refractivity contribution in [3.05, 3.63) is 417 Å². The molecule has 0 spiro atoms. The molecular formula is C114H96F15N5O2S. The molecule has 19 aromatic rings. The molecule has 0 bridgehead atoms. The van der Waals surface area contributed by atoms with Crippen molar-refractivity contribution in [2.24, 2.45) is 5.92 Å². The third-order valence-electron chi connectivity index (χ3n) is 24.8. The normalized spacial score (nSPS) is 13.6. The molecule has 0 amide bonds.